The number of carboxylic acids is 1. The van der Waals surface area contributed by atoms with Gasteiger partial charge in [0.15, 0.2) is 0 Å². The van der Waals surface area contributed by atoms with Gasteiger partial charge in [-0.05, 0) is 114 Å². The van der Waals surface area contributed by atoms with Crippen molar-refractivity contribution >= 4 is 72.7 Å². The van der Waals surface area contributed by atoms with E-state index in [1.54, 1.807) is 31.5 Å². The number of nitrogens with two attached hydrogens (primary N) is 1. The molecule has 0 saturated heterocycles. The second kappa shape index (κ2) is 33.0. The van der Waals surface area contributed by atoms with Gasteiger partial charge >= 0.3 is 37.8 Å². The predicted octanol–water partition coefficient (Wildman–Crippen LogP) is 12.8. The van der Waals surface area contributed by atoms with E-state index in [-0.39, 0.29) is 50.9 Å². The van der Waals surface area contributed by atoms with E-state index in [9.17, 15) is 88.3 Å². The predicted molar refractivity (Wildman–Crippen MR) is 290 cm³/mol. The summed E-state index contributed by atoms with van der Waals surface area (Å²) in [5.74, 6) is -5.36. The molecule has 1 aromatic carbocycles. The molecule has 7 heterocycles. The van der Waals surface area contributed by atoms with Gasteiger partial charge in [-0.3, -0.25) is 4.79 Å². The Kier molecular flexibility index (Phi) is 27.5. The molecule has 92 heavy (non-hydrogen) atoms. The maximum Gasteiger partial charge on any atom is 0.573 e. The summed E-state index contributed by atoms with van der Waals surface area (Å²) in [7, 11) is -1.05. The zero-order valence-corrected chi connectivity index (χ0v) is 49.5. The van der Waals surface area contributed by atoms with Crippen LogP contribution in [-0.2, 0) is 15.6 Å². The molecule has 7 aromatic rings. The number of nitrogens with one attached hydrogen (secondary N) is 1. The number of carboxylic acid groups (broad SMARTS) is 1. The molecule has 0 spiro atoms. The number of ether oxygens (including phenoxy) is 6. The summed E-state index contributed by atoms with van der Waals surface area (Å²) in [6.45, 7) is 1.38. The Hall–Kier alpha value is -9.49. The number of nitriles is 1. The van der Waals surface area contributed by atoms with Crippen molar-refractivity contribution < 1.29 is 122 Å². The fourth-order valence-electron chi connectivity index (χ4n) is 5.94. The van der Waals surface area contributed by atoms with E-state index in [2.05, 4.69) is 79.8 Å². The van der Waals surface area contributed by atoms with Crippen LogP contribution in [0.15, 0.2) is 138 Å². The molecule has 0 fully saturated rings. The van der Waals surface area contributed by atoms with Gasteiger partial charge in [-0.1, -0.05) is 23.2 Å². The van der Waals surface area contributed by atoms with Crippen molar-refractivity contribution in [1.82, 2.24) is 34.2 Å². The van der Waals surface area contributed by atoms with Gasteiger partial charge < -0.3 is 44.6 Å². The minimum atomic E-state index is -4.90. The molecule has 0 aliphatic carbocycles. The first-order chi connectivity index (χ1) is 42.4. The Morgan fingerprint density at radius 1 is 0.620 bits per heavy atom. The molecule has 6 aromatic heterocycles. The van der Waals surface area contributed by atoms with Crippen LogP contribution in [0.2, 0.25) is 10.3 Å². The maximum absolute atomic E-state index is 14.6. The van der Waals surface area contributed by atoms with Crippen LogP contribution >= 0.6 is 39.1 Å². The molecule has 1 amide bonds. The van der Waals surface area contributed by atoms with Gasteiger partial charge in [0.1, 0.15) is 83.9 Å². The van der Waals surface area contributed by atoms with E-state index in [4.69, 9.17) is 44.0 Å². The van der Waals surface area contributed by atoms with Crippen molar-refractivity contribution in [2.75, 3.05) is 25.2 Å². The van der Waals surface area contributed by atoms with Crippen molar-refractivity contribution in [2.24, 2.45) is 10.7 Å². The normalized spacial score (nSPS) is 14.1. The smallest absolute Gasteiger partial charge is 0.495 e. The van der Waals surface area contributed by atoms with Gasteiger partial charge in [0.05, 0.1) is 50.0 Å². The van der Waals surface area contributed by atoms with Crippen molar-refractivity contribution in [3.05, 3.63) is 172 Å². The highest BCUT2D eigenvalue weighted by Gasteiger charge is 2.42. The first kappa shape index (κ1) is 76.8. The van der Waals surface area contributed by atoms with Crippen LogP contribution in [-0.4, -0.2) is 117 Å². The molecule has 42 heteroatoms. The average molecular weight is 1450 g/mol. The lowest BCUT2D eigenvalue weighted by molar-refractivity contribution is -0.275. The number of aromatic carboxylic acids is 1. The molecule has 0 unspecified atom stereocenters. The number of rotatable bonds is 10. The van der Waals surface area contributed by atoms with Crippen LogP contribution in [0.25, 0.3) is 0 Å². The molecule has 4 N–H and O–H groups in total. The number of guanidine groups is 1. The zero-order chi connectivity index (χ0) is 69.6. The lowest BCUT2D eigenvalue weighted by atomic mass is 9.93. The Morgan fingerprint density at radius 2 is 1.01 bits per heavy atom. The molecule has 496 valence electrons. The number of carbonyl (C=O) groups excluding carboxylic acids is 1. The van der Waals surface area contributed by atoms with E-state index in [0.29, 0.717) is 16.0 Å². The molecule has 1 aliphatic rings. The molecule has 0 radical (unpaired) electrons. The van der Waals surface area contributed by atoms with Gasteiger partial charge in [-0.15, -0.1) is 65.9 Å². The number of methoxy groups -OCH3 is 1. The highest BCUT2D eigenvalue weighted by molar-refractivity contribution is 9.10. The lowest BCUT2D eigenvalue weighted by Gasteiger charge is -2.34. The van der Waals surface area contributed by atoms with Crippen LogP contribution in [0.4, 0.5) is 75.9 Å². The number of halogens is 19. The highest BCUT2D eigenvalue weighted by atomic mass is 79.9. The number of amides is 1. The van der Waals surface area contributed by atoms with E-state index in [1.807, 2.05) is 0 Å². The molecule has 0 saturated carbocycles. The number of nitrogens with zero attached hydrogens (tertiary/aromatic N) is 9. The third-order valence-electron chi connectivity index (χ3n) is 9.65. The van der Waals surface area contributed by atoms with E-state index in [0.717, 1.165) is 83.4 Å². The summed E-state index contributed by atoms with van der Waals surface area (Å²) in [4.78, 5) is 47.7. The molecular weight excluding hydrogens is 1420 g/mol. The number of carbonyl (C=O) groups is 2. The lowest BCUT2D eigenvalue weighted by Crippen LogP contribution is -2.50. The third-order valence-corrected chi connectivity index (χ3v) is 12.5. The highest BCUT2D eigenvalue weighted by Crippen LogP contribution is 2.35. The quantitative estimate of drug-likeness (QED) is 0.0846. The average Bonchev–Trinajstić information content (AvgIpc) is 0.759. The Balaban J connectivity index is 0.000000310. The monoisotopic (exact) mass is 1450 g/mol. The number of aromatic nitrogens is 6. The van der Waals surface area contributed by atoms with Crippen LogP contribution < -0.4 is 39.5 Å². The molecule has 8 rings (SSSR count). The van der Waals surface area contributed by atoms with Gasteiger partial charge in [0.25, 0.3) is 5.91 Å². The first-order valence-corrected chi connectivity index (χ1v) is 26.6. The number of aliphatic imine (C=N–C) groups is 1. The molecule has 22 nitrogen and oxygen atoms in total. The number of benzene rings is 1. The van der Waals surface area contributed by atoms with E-state index in [1.165, 1.54) is 44.3 Å². The number of alkyl halides is 15. The van der Waals surface area contributed by atoms with Gasteiger partial charge in [-0.2, -0.15) is 5.26 Å². The fourth-order valence-corrected chi connectivity index (χ4v) is 7.85. The Bertz CT molecular complexity index is 3660. The van der Waals surface area contributed by atoms with Crippen LogP contribution in [0.5, 0.6) is 34.5 Å². The van der Waals surface area contributed by atoms with Gasteiger partial charge in [0.2, 0.25) is 16.0 Å². The molecule has 1 atom stereocenters. The zero-order valence-electron chi connectivity index (χ0n) is 45.6. The Morgan fingerprint density at radius 3 is 1.35 bits per heavy atom. The van der Waals surface area contributed by atoms with E-state index < -0.39 is 88.1 Å². The number of hydrogen-bond acceptors (Lipinski definition) is 19. The van der Waals surface area contributed by atoms with Crippen LogP contribution in [0.1, 0.15) is 39.2 Å². The third kappa shape index (κ3) is 29.4. The first-order valence-electron chi connectivity index (χ1n) is 23.5. The second-order valence-corrected chi connectivity index (χ2v) is 20.2. The second-order valence-electron chi connectivity index (χ2n) is 16.6. The summed E-state index contributed by atoms with van der Waals surface area (Å²) < 4.78 is 239. The fraction of sp³-hybridized carbons (Fsp3) is 0.200. The van der Waals surface area contributed by atoms with E-state index >= 15 is 0 Å². The summed E-state index contributed by atoms with van der Waals surface area (Å²) in [6, 6.07) is 19.3. The summed E-state index contributed by atoms with van der Waals surface area (Å²) >= 11 is 13.8. The minimum Gasteiger partial charge on any atom is -0.495 e. The number of pyridine rings is 6. The van der Waals surface area contributed by atoms with Crippen LogP contribution in [0, 0.1) is 17.1 Å². The number of anilines is 1. The van der Waals surface area contributed by atoms with Crippen molar-refractivity contribution in [3.63, 3.8) is 0 Å². The molecule has 1 aliphatic heterocycles. The minimum absolute atomic E-state index is 0.0366. The standard InChI is InChI=1S/C18H17F4N5O4S.C7H3F3N2O.C7H4F3NO3.C6H3BrF3NO.C6H3ClF3NO.C6H6ClNO/c1-17(9-32(29,30)27(2)16(23)26-17)12-7-10(3-5-13(12)19)25-15(28)14-6-4-11(8-24-14)31-18(20,21)22;8-7(9,10)13-6-2-1-5(3-11)12-4-6;8-7(9,10)14-4-1-2-5(6(12)13)11-3-4;2*7-5-2-1-4(3-11-5)12-6(8,9)10;1-9-5-2-3-6(7)8-4-5/h3-8H,9H2,1-2H3,(H2,23,26)(H,25,28);1-2,4H;1-3H,(H,12,13);2*1-3H;2-4H,1H3/t17-;;;;;/m0...../s1. The topological polar surface area (TPSA) is 299 Å². The summed E-state index contributed by atoms with van der Waals surface area (Å²) in [5, 5.41) is 19.7. The summed E-state index contributed by atoms with van der Waals surface area (Å²) in [5.41, 5.74) is 3.52. The van der Waals surface area contributed by atoms with Crippen LogP contribution in [0.3, 0.4) is 0 Å². The summed E-state index contributed by atoms with van der Waals surface area (Å²) in [6.07, 6.45) is -18.1. The van der Waals surface area contributed by atoms with Gasteiger partial charge in [0, 0.05) is 18.3 Å². The van der Waals surface area contributed by atoms with Crippen molar-refractivity contribution in [3.8, 4) is 40.6 Å². The molecular formula is C50H36BrCl2F16N11O11S. The SMILES string of the molecule is CN1C(N)=N[C@](C)(c2cc(NC(=O)c3ccc(OC(F)(F)F)cn3)ccc2F)CS1(=O)=O.COc1ccc(Cl)nc1.FC(F)(F)Oc1ccc(Br)nc1.FC(F)(F)Oc1ccc(Cl)nc1.N#Cc1ccc(OC(F)(F)F)cn1.O=C(O)c1ccc(OC(F)(F)F)cn1. The van der Waals surface area contributed by atoms with Gasteiger partial charge in [-0.25, -0.2) is 56.8 Å². The number of sulfonamides is 1. The molecule has 0 bridgehead atoms. The Labute approximate surface area is 524 Å². The number of hydrogen-bond donors (Lipinski definition) is 3. The largest absolute Gasteiger partial charge is 0.573 e. The maximum atomic E-state index is 14.6. The van der Waals surface area contributed by atoms with Crippen molar-refractivity contribution in [1.29, 1.82) is 5.26 Å². The van der Waals surface area contributed by atoms with Crippen molar-refractivity contribution in [2.45, 2.75) is 44.3 Å².